The second-order valence-electron chi connectivity index (χ2n) is 3.97. The SMILES string of the molecule is Cc1cc(Oc2ccc(F)cc2Br)ccc1CN. The smallest absolute Gasteiger partial charge is 0.141 e. The number of aryl methyl sites for hydroxylation is 1. The molecular weight excluding hydrogens is 297 g/mol. The molecule has 2 N–H and O–H groups in total. The summed E-state index contributed by atoms with van der Waals surface area (Å²) in [7, 11) is 0. The van der Waals surface area contributed by atoms with Gasteiger partial charge in [0, 0.05) is 6.54 Å². The van der Waals surface area contributed by atoms with E-state index in [0.717, 1.165) is 11.1 Å². The molecule has 0 aliphatic rings. The van der Waals surface area contributed by atoms with Crippen molar-refractivity contribution < 1.29 is 9.13 Å². The summed E-state index contributed by atoms with van der Waals surface area (Å²) in [5.74, 6) is 0.984. The van der Waals surface area contributed by atoms with Gasteiger partial charge in [-0.2, -0.15) is 0 Å². The Morgan fingerprint density at radius 2 is 2.00 bits per heavy atom. The zero-order valence-corrected chi connectivity index (χ0v) is 11.5. The van der Waals surface area contributed by atoms with Crippen molar-refractivity contribution in [3.8, 4) is 11.5 Å². The van der Waals surface area contributed by atoms with Crippen molar-refractivity contribution in [3.05, 3.63) is 57.8 Å². The third kappa shape index (κ3) is 2.89. The average molecular weight is 310 g/mol. The van der Waals surface area contributed by atoms with Gasteiger partial charge in [-0.25, -0.2) is 4.39 Å². The molecule has 0 aliphatic heterocycles. The van der Waals surface area contributed by atoms with Crippen molar-refractivity contribution in [2.24, 2.45) is 5.73 Å². The van der Waals surface area contributed by atoms with E-state index in [1.54, 1.807) is 6.07 Å². The molecule has 0 amide bonds. The Bertz CT molecular complexity index is 572. The number of rotatable bonds is 3. The number of ether oxygens (including phenoxy) is 1. The van der Waals surface area contributed by atoms with E-state index in [-0.39, 0.29) is 5.82 Å². The van der Waals surface area contributed by atoms with Gasteiger partial charge in [0.15, 0.2) is 0 Å². The van der Waals surface area contributed by atoms with Crippen LogP contribution in [0.25, 0.3) is 0 Å². The molecule has 0 spiro atoms. The monoisotopic (exact) mass is 309 g/mol. The molecule has 2 nitrogen and oxygen atoms in total. The summed E-state index contributed by atoms with van der Waals surface area (Å²) in [6, 6.07) is 10.0. The predicted octanol–water partition coefficient (Wildman–Crippen LogP) is 4.15. The second-order valence-corrected chi connectivity index (χ2v) is 4.82. The van der Waals surface area contributed by atoms with Gasteiger partial charge in [0.25, 0.3) is 0 Å². The van der Waals surface area contributed by atoms with Gasteiger partial charge in [-0.15, -0.1) is 0 Å². The fraction of sp³-hybridized carbons (Fsp3) is 0.143. The minimum atomic E-state index is -0.302. The third-order valence-electron chi connectivity index (χ3n) is 2.66. The zero-order chi connectivity index (χ0) is 13.1. The summed E-state index contributed by atoms with van der Waals surface area (Å²) >= 11 is 3.27. The van der Waals surface area contributed by atoms with Crippen LogP contribution in [0.3, 0.4) is 0 Å². The molecule has 0 unspecified atom stereocenters. The Morgan fingerprint density at radius 3 is 2.61 bits per heavy atom. The van der Waals surface area contributed by atoms with Crippen LogP contribution in [0.5, 0.6) is 11.5 Å². The highest BCUT2D eigenvalue weighted by molar-refractivity contribution is 9.10. The van der Waals surface area contributed by atoms with Crippen molar-refractivity contribution in [1.29, 1.82) is 0 Å². The van der Waals surface area contributed by atoms with Gasteiger partial charge in [-0.1, -0.05) is 6.07 Å². The van der Waals surface area contributed by atoms with Crippen LogP contribution in [0, 0.1) is 12.7 Å². The van der Waals surface area contributed by atoms with E-state index in [0.29, 0.717) is 22.5 Å². The first-order chi connectivity index (χ1) is 8.60. The molecule has 0 aliphatic carbocycles. The lowest BCUT2D eigenvalue weighted by Gasteiger charge is -2.10. The van der Waals surface area contributed by atoms with Crippen molar-refractivity contribution in [2.75, 3.05) is 0 Å². The Labute approximate surface area is 114 Å². The molecule has 0 fully saturated rings. The molecule has 0 atom stereocenters. The predicted molar refractivity (Wildman–Crippen MR) is 73.2 cm³/mol. The summed E-state index contributed by atoms with van der Waals surface area (Å²) in [5.41, 5.74) is 7.76. The van der Waals surface area contributed by atoms with Crippen LogP contribution in [0.15, 0.2) is 40.9 Å². The molecule has 2 rings (SSSR count). The Kier molecular flexibility index (Phi) is 3.99. The zero-order valence-electron chi connectivity index (χ0n) is 9.91. The summed E-state index contributed by atoms with van der Waals surface area (Å²) in [4.78, 5) is 0. The maximum absolute atomic E-state index is 12.9. The van der Waals surface area contributed by atoms with Crippen LogP contribution in [0.1, 0.15) is 11.1 Å². The number of hydrogen-bond donors (Lipinski definition) is 1. The molecule has 0 bridgehead atoms. The molecule has 94 valence electrons. The van der Waals surface area contributed by atoms with E-state index in [1.807, 2.05) is 25.1 Å². The lowest BCUT2D eigenvalue weighted by molar-refractivity contribution is 0.476. The maximum Gasteiger partial charge on any atom is 0.141 e. The first kappa shape index (κ1) is 13.1. The molecule has 0 saturated carbocycles. The normalized spacial score (nSPS) is 10.4. The van der Waals surface area contributed by atoms with Crippen molar-refractivity contribution >= 4 is 15.9 Å². The summed E-state index contributed by atoms with van der Waals surface area (Å²) in [5, 5.41) is 0. The van der Waals surface area contributed by atoms with Crippen LogP contribution < -0.4 is 10.5 Å². The van der Waals surface area contributed by atoms with Crippen molar-refractivity contribution in [2.45, 2.75) is 13.5 Å². The lowest BCUT2D eigenvalue weighted by Crippen LogP contribution is -1.99. The number of halogens is 2. The first-order valence-electron chi connectivity index (χ1n) is 5.52. The molecular formula is C14H13BrFNO. The van der Waals surface area contributed by atoms with E-state index in [1.165, 1.54) is 12.1 Å². The highest BCUT2D eigenvalue weighted by atomic mass is 79.9. The maximum atomic E-state index is 12.9. The highest BCUT2D eigenvalue weighted by Gasteiger charge is 2.05. The van der Waals surface area contributed by atoms with Crippen LogP contribution >= 0.6 is 15.9 Å². The quantitative estimate of drug-likeness (QED) is 0.924. The lowest BCUT2D eigenvalue weighted by atomic mass is 10.1. The molecule has 0 aromatic heterocycles. The second kappa shape index (κ2) is 5.50. The van der Waals surface area contributed by atoms with Crippen LogP contribution in [0.4, 0.5) is 4.39 Å². The van der Waals surface area contributed by atoms with Gasteiger partial charge >= 0.3 is 0 Å². The Hall–Kier alpha value is -1.39. The van der Waals surface area contributed by atoms with E-state index in [4.69, 9.17) is 10.5 Å². The molecule has 0 saturated heterocycles. The number of hydrogen-bond acceptors (Lipinski definition) is 2. The summed E-state index contributed by atoms with van der Waals surface area (Å²) in [6.07, 6.45) is 0. The Balaban J connectivity index is 2.26. The minimum absolute atomic E-state index is 0.302. The molecule has 0 heterocycles. The van der Waals surface area contributed by atoms with Crippen molar-refractivity contribution in [1.82, 2.24) is 0 Å². The van der Waals surface area contributed by atoms with E-state index in [2.05, 4.69) is 15.9 Å². The highest BCUT2D eigenvalue weighted by Crippen LogP contribution is 2.30. The van der Waals surface area contributed by atoms with E-state index in [9.17, 15) is 4.39 Å². The van der Waals surface area contributed by atoms with E-state index < -0.39 is 0 Å². The van der Waals surface area contributed by atoms with Gasteiger partial charge in [-0.05, 0) is 64.3 Å². The van der Waals surface area contributed by atoms with Crippen LogP contribution in [-0.2, 0) is 6.54 Å². The molecule has 0 radical (unpaired) electrons. The van der Waals surface area contributed by atoms with Gasteiger partial charge in [0.05, 0.1) is 4.47 Å². The molecule has 2 aromatic rings. The molecule has 4 heteroatoms. The van der Waals surface area contributed by atoms with Crippen molar-refractivity contribution in [3.63, 3.8) is 0 Å². The third-order valence-corrected chi connectivity index (χ3v) is 3.28. The van der Waals surface area contributed by atoms with Crippen LogP contribution in [-0.4, -0.2) is 0 Å². The van der Waals surface area contributed by atoms with Gasteiger partial charge in [-0.3, -0.25) is 0 Å². The minimum Gasteiger partial charge on any atom is -0.456 e. The standard InChI is InChI=1S/C14H13BrFNO/c1-9-6-12(4-2-10(9)8-17)18-14-5-3-11(16)7-13(14)15/h2-7H,8,17H2,1H3. The number of benzene rings is 2. The summed E-state index contributed by atoms with van der Waals surface area (Å²) < 4.78 is 19.2. The summed E-state index contributed by atoms with van der Waals surface area (Å²) in [6.45, 7) is 2.49. The fourth-order valence-corrected chi connectivity index (χ4v) is 2.08. The fourth-order valence-electron chi connectivity index (χ4n) is 1.65. The Morgan fingerprint density at radius 1 is 1.22 bits per heavy atom. The van der Waals surface area contributed by atoms with Gasteiger partial charge in [0.2, 0.25) is 0 Å². The topological polar surface area (TPSA) is 35.2 Å². The molecule has 18 heavy (non-hydrogen) atoms. The van der Waals surface area contributed by atoms with Crippen LogP contribution in [0.2, 0.25) is 0 Å². The average Bonchev–Trinajstić information content (AvgIpc) is 2.33. The van der Waals surface area contributed by atoms with E-state index >= 15 is 0 Å². The van der Waals surface area contributed by atoms with Gasteiger partial charge in [0.1, 0.15) is 17.3 Å². The molecule has 2 aromatic carbocycles. The van der Waals surface area contributed by atoms with Gasteiger partial charge < -0.3 is 10.5 Å². The first-order valence-corrected chi connectivity index (χ1v) is 6.32. The largest absolute Gasteiger partial charge is 0.456 e. The number of nitrogens with two attached hydrogens (primary N) is 1.